The maximum Gasteiger partial charge on any atom is 0.283 e. The molecule has 0 radical (unpaired) electrons. The van der Waals surface area contributed by atoms with Gasteiger partial charge < -0.3 is 5.73 Å². The first kappa shape index (κ1) is 12.1. The van der Waals surface area contributed by atoms with Crippen molar-refractivity contribution < 1.29 is 4.92 Å². The summed E-state index contributed by atoms with van der Waals surface area (Å²) in [7, 11) is 0. The summed E-state index contributed by atoms with van der Waals surface area (Å²) in [6.45, 7) is 2.03. The monoisotopic (exact) mass is 272 g/mol. The van der Waals surface area contributed by atoms with Crippen LogP contribution in [0.3, 0.4) is 0 Å². The summed E-state index contributed by atoms with van der Waals surface area (Å²) in [5.74, 6) is 0. The van der Waals surface area contributed by atoms with Crippen molar-refractivity contribution in [1.29, 1.82) is 0 Å². The minimum absolute atomic E-state index is 0.0686. The molecule has 0 heterocycles. The first-order chi connectivity index (χ1) is 7.06. The third-order valence-electron chi connectivity index (χ3n) is 2.19. The highest BCUT2D eigenvalue weighted by Crippen LogP contribution is 2.28. The van der Waals surface area contributed by atoms with Gasteiger partial charge in [-0.05, 0) is 34.0 Å². The molecule has 0 unspecified atom stereocenters. The lowest BCUT2D eigenvalue weighted by Crippen LogP contribution is -2.09. The van der Waals surface area contributed by atoms with Gasteiger partial charge in [0.05, 0.1) is 9.40 Å². The van der Waals surface area contributed by atoms with Crippen LogP contribution < -0.4 is 5.73 Å². The standard InChI is InChI=1S/C10H13BrN2O2/c1-2-3-9(12)7-4-5-8(11)10(6-7)13(14)15/h4-6,9H,2-3,12H2,1H3/t9-/m1/s1. The van der Waals surface area contributed by atoms with E-state index in [0.29, 0.717) is 4.47 Å². The Labute approximate surface area is 96.8 Å². The Morgan fingerprint density at radius 3 is 2.80 bits per heavy atom. The maximum absolute atomic E-state index is 10.7. The molecule has 1 aromatic rings. The van der Waals surface area contributed by atoms with Gasteiger partial charge in [-0.25, -0.2) is 0 Å². The first-order valence-electron chi connectivity index (χ1n) is 4.75. The van der Waals surface area contributed by atoms with Crippen LogP contribution in [0.15, 0.2) is 22.7 Å². The minimum atomic E-state index is -0.410. The molecule has 0 aromatic heterocycles. The molecular formula is C10H13BrN2O2. The fourth-order valence-corrected chi connectivity index (χ4v) is 1.77. The van der Waals surface area contributed by atoms with Crippen molar-refractivity contribution in [3.63, 3.8) is 0 Å². The maximum atomic E-state index is 10.7. The lowest BCUT2D eigenvalue weighted by atomic mass is 10.0. The Balaban J connectivity index is 3.02. The molecule has 82 valence electrons. The van der Waals surface area contributed by atoms with Crippen LogP contribution in [0, 0.1) is 10.1 Å². The largest absolute Gasteiger partial charge is 0.324 e. The second-order valence-corrected chi connectivity index (χ2v) is 4.22. The van der Waals surface area contributed by atoms with Gasteiger partial charge in [-0.1, -0.05) is 19.4 Å². The highest BCUT2D eigenvalue weighted by Gasteiger charge is 2.14. The molecule has 0 spiro atoms. The average Bonchev–Trinajstić information content (AvgIpc) is 2.18. The van der Waals surface area contributed by atoms with Gasteiger partial charge in [0, 0.05) is 12.1 Å². The second-order valence-electron chi connectivity index (χ2n) is 3.36. The van der Waals surface area contributed by atoms with Crippen molar-refractivity contribution in [2.45, 2.75) is 25.8 Å². The molecule has 4 nitrogen and oxygen atoms in total. The van der Waals surface area contributed by atoms with Gasteiger partial charge in [-0.2, -0.15) is 0 Å². The summed E-state index contributed by atoms with van der Waals surface area (Å²) >= 11 is 3.14. The highest BCUT2D eigenvalue weighted by molar-refractivity contribution is 9.10. The van der Waals surface area contributed by atoms with Gasteiger partial charge in [0.2, 0.25) is 0 Å². The Morgan fingerprint density at radius 1 is 1.60 bits per heavy atom. The summed E-state index contributed by atoms with van der Waals surface area (Å²) < 4.78 is 0.486. The van der Waals surface area contributed by atoms with Crippen LogP contribution >= 0.6 is 15.9 Å². The van der Waals surface area contributed by atoms with Crippen LogP contribution in [0.1, 0.15) is 31.4 Å². The van der Waals surface area contributed by atoms with Crippen LogP contribution in [-0.2, 0) is 0 Å². The number of benzene rings is 1. The number of hydrogen-bond donors (Lipinski definition) is 1. The molecule has 0 aliphatic carbocycles. The van der Waals surface area contributed by atoms with E-state index in [-0.39, 0.29) is 11.7 Å². The molecule has 5 heteroatoms. The summed E-state index contributed by atoms with van der Waals surface area (Å²) in [6, 6.07) is 4.90. The van der Waals surface area contributed by atoms with Gasteiger partial charge >= 0.3 is 0 Å². The molecule has 0 aliphatic heterocycles. The first-order valence-corrected chi connectivity index (χ1v) is 5.55. The average molecular weight is 273 g/mol. The second kappa shape index (κ2) is 5.23. The van der Waals surface area contributed by atoms with Crippen molar-refractivity contribution in [1.82, 2.24) is 0 Å². The Kier molecular flexibility index (Phi) is 4.23. The van der Waals surface area contributed by atoms with Gasteiger partial charge in [-0.15, -0.1) is 0 Å². The SMILES string of the molecule is CCC[C@@H](N)c1ccc(Br)c([N+](=O)[O-])c1. The van der Waals surface area contributed by atoms with Crippen molar-refractivity contribution in [2.75, 3.05) is 0 Å². The van der Waals surface area contributed by atoms with Gasteiger partial charge in [-0.3, -0.25) is 10.1 Å². The molecule has 0 bridgehead atoms. The van der Waals surface area contributed by atoms with Crippen molar-refractivity contribution in [3.05, 3.63) is 38.3 Å². The summed E-state index contributed by atoms with van der Waals surface area (Å²) in [6.07, 6.45) is 1.80. The number of nitro groups is 1. The molecule has 2 N–H and O–H groups in total. The third-order valence-corrected chi connectivity index (χ3v) is 2.87. The zero-order valence-corrected chi connectivity index (χ0v) is 10.0. The van der Waals surface area contributed by atoms with Crippen LogP contribution in [0.25, 0.3) is 0 Å². The number of nitrogens with zero attached hydrogens (tertiary/aromatic N) is 1. The van der Waals surface area contributed by atoms with Crippen LogP contribution in [-0.4, -0.2) is 4.92 Å². The number of nitrogens with two attached hydrogens (primary N) is 1. The zero-order valence-electron chi connectivity index (χ0n) is 8.44. The topological polar surface area (TPSA) is 69.2 Å². The molecule has 0 aliphatic rings. The smallest absolute Gasteiger partial charge is 0.283 e. The highest BCUT2D eigenvalue weighted by atomic mass is 79.9. The van der Waals surface area contributed by atoms with Crippen molar-refractivity contribution >= 4 is 21.6 Å². The van der Waals surface area contributed by atoms with Crippen LogP contribution in [0.5, 0.6) is 0 Å². The van der Waals surface area contributed by atoms with E-state index in [4.69, 9.17) is 5.73 Å². The van der Waals surface area contributed by atoms with Crippen molar-refractivity contribution in [3.8, 4) is 0 Å². The molecule has 15 heavy (non-hydrogen) atoms. The summed E-state index contributed by atoms with van der Waals surface area (Å²) in [5, 5.41) is 10.7. The zero-order chi connectivity index (χ0) is 11.4. The van der Waals surface area contributed by atoms with E-state index in [2.05, 4.69) is 15.9 Å². The molecule has 1 aromatic carbocycles. The van der Waals surface area contributed by atoms with Gasteiger partial charge in [0.1, 0.15) is 0 Å². The van der Waals surface area contributed by atoms with Gasteiger partial charge in [0.15, 0.2) is 0 Å². The minimum Gasteiger partial charge on any atom is -0.324 e. The molecule has 1 rings (SSSR count). The lowest BCUT2D eigenvalue weighted by Gasteiger charge is -2.10. The number of rotatable bonds is 4. The lowest BCUT2D eigenvalue weighted by molar-refractivity contribution is -0.385. The molecule has 0 fully saturated rings. The summed E-state index contributed by atoms with van der Waals surface area (Å²) in [5.41, 5.74) is 6.77. The summed E-state index contributed by atoms with van der Waals surface area (Å²) in [4.78, 5) is 10.3. The van der Waals surface area contributed by atoms with E-state index in [1.807, 2.05) is 13.0 Å². The molecule has 1 atom stereocenters. The quantitative estimate of drug-likeness (QED) is 0.676. The van der Waals surface area contributed by atoms with Crippen LogP contribution in [0.2, 0.25) is 0 Å². The molecule has 0 saturated heterocycles. The van der Waals surface area contributed by atoms with Crippen molar-refractivity contribution in [2.24, 2.45) is 5.73 Å². The van der Waals surface area contributed by atoms with E-state index in [1.165, 1.54) is 6.07 Å². The fourth-order valence-electron chi connectivity index (χ4n) is 1.38. The predicted molar refractivity (Wildman–Crippen MR) is 62.6 cm³/mol. The van der Waals surface area contributed by atoms with E-state index in [1.54, 1.807) is 6.07 Å². The normalized spacial score (nSPS) is 12.5. The Bertz CT molecular complexity index is 368. The molecule has 0 saturated carbocycles. The Morgan fingerprint density at radius 2 is 2.27 bits per heavy atom. The van der Waals surface area contributed by atoms with E-state index < -0.39 is 4.92 Å². The number of nitro benzene ring substituents is 1. The number of halogens is 1. The van der Waals surface area contributed by atoms with E-state index >= 15 is 0 Å². The van der Waals surface area contributed by atoms with E-state index in [0.717, 1.165) is 18.4 Å². The van der Waals surface area contributed by atoms with E-state index in [9.17, 15) is 10.1 Å². The van der Waals surface area contributed by atoms with Crippen LogP contribution in [0.4, 0.5) is 5.69 Å². The third kappa shape index (κ3) is 3.00. The number of hydrogen-bond acceptors (Lipinski definition) is 3. The van der Waals surface area contributed by atoms with Gasteiger partial charge in [0.25, 0.3) is 5.69 Å². The predicted octanol–water partition coefficient (Wildman–Crippen LogP) is 3.16. The fraction of sp³-hybridized carbons (Fsp3) is 0.400. The molecule has 0 amide bonds. The molecular weight excluding hydrogens is 260 g/mol. The Hall–Kier alpha value is -0.940.